The van der Waals surface area contributed by atoms with Gasteiger partial charge in [-0.25, -0.2) is 13.2 Å². The summed E-state index contributed by atoms with van der Waals surface area (Å²) < 4.78 is 36.3. The number of nitrogens with one attached hydrogen (secondary N) is 1. The third-order valence-corrected chi connectivity index (χ3v) is 4.62. The Morgan fingerprint density at radius 3 is 2.59 bits per heavy atom. The van der Waals surface area contributed by atoms with Gasteiger partial charge < -0.3 is 0 Å². The molecule has 9 heteroatoms. The molecule has 0 aromatic carbocycles. The number of hydrogen-bond donors (Lipinski definition) is 1. The maximum atomic E-state index is 13.2. The van der Waals surface area contributed by atoms with E-state index in [1.54, 1.807) is 0 Å². The highest BCUT2D eigenvalue weighted by Crippen LogP contribution is 2.21. The van der Waals surface area contributed by atoms with Crippen molar-refractivity contribution in [3.05, 3.63) is 31.8 Å². The van der Waals surface area contributed by atoms with Crippen molar-refractivity contribution in [1.29, 1.82) is 0 Å². The smallest absolute Gasteiger partial charge is 0.295 e. The highest BCUT2D eigenvalue weighted by atomic mass is 35.5. The van der Waals surface area contributed by atoms with E-state index in [0.29, 0.717) is 4.57 Å². The van der Waals surface area contributed by atoms with Gasteiger partial charge >= 0.3 is 5.69 Å². The van der Waals surface area contributed by atoms with Crippen molar-refractivity contribution in [2.24, 2.45) is 0 Å². The van der Waals surface area contributed by atoms with E-state index < -0.39 is 38.1 Å². The lowest BCUT2D eigenvalue weighted by molar-refractivity contribution is 0.476. The maximum Gasteiger partial charge on any atom is 0.329 e. The first kappa shape index (κ1) is 12.3. The van der Waals surface area contributed by atoms with Crippen molar-refractivity contribution in [1.82, 2.24) is 9.55 Å². The van der Waals surface area contributed by atoms with Crippen molar-refractivity contribution in [3.8, 4) is 0 Å². The molecule has 1 aliphatic rings. The Kier molecular flexibility index (Phi) is 2.86. The van der Waals surface area contributed by atoms with Crippen molar-refractivity contribution in [3.63, 3.8) is 0 Å². The standard InChI is InChI=1S/C8H8ClFN2O4S/c9-6-5(10)7(13)12(8(14)11-6)4-1-2-17(15,16)3-4/h4H,1-3H2,(H,11,14). The van der Waals surface area contributed by atoms with Crippen molar-refractivity contribution >= 4 is 21.4 Å². The molecule has 1 aromatic rings. The first-order valence-corrected chi connectivity index (χ1v) is 6.92. The SMILES string of the molecule is O=c1[nH]c(Cl)c(F)c(=O)n1C1CCS(=O)(=O)C1. The quantitative estimate of drug-likeness (QED) is 0.716. The molecular formula is C8H8ClFN2O4S. The minimum atomic E-state index is -3.27. The number of nitrogens with zero attached hydrogens (tertiary/aromatic N) is 1. The average molecular weight is 283 g/mol. The molecule has 1 N–H and O–H groups in total. The van der Waals surface area contributed by atoms with E-state index in [4.69, 9.17) is 11.6 Å². The molecule has 0 spiro atoms. The Balaban J connectivity index is 2.59. The minimum Gasteiger partial charge on any atom is -0.295 e. The monoisotopic (exact) mass is 282 g/mol. The molecule has 1 unspecified atom stereocenters. The predicted molar refractivity (Wildman–Crippen MR) is 58.6 cm³/mol. The van der Waals surface area contributed by atoms with Gasteiger partial charge in [0.15, 0.2) is 15.0 Å². The summed E-state index contributed by atoms with van der Waals surface area (Å²) in [5.41, 5.74) is -2.09. The van der Waals surface area contributed by atoms with Gasteiger partial charge in [0.05, 0.1) is 17.5 Å². The molecule has 17 heavy (non-hydrogen) atoms. The molecule has 1 aromatic heterocycles. The predicted octanol–water partition coefficient (Wildman–Crippen LogP) is -0.311. The van der Waals surface area contributed by atoms with E-state index in [1.807, 2.05) is 4.98 Å². The fourth-order valence-electron chi connectivity index (χ4n) is 1.81. The van der Waals surface area contributed by atoms with E-state index in [-0.39, 0.29) is 17.9 Å². The third-order valence-electron chi connectivity index (χ3n) is 2.61. The van der Waals surface area contributed by atoms with E-state index in [2.05, 4.69) is 0 Å². The van der Waals surface area contributed by atoms with Crippen LogP contribution in [0.5, 0.6) is 0 Å². The molecule has 0 bridgehead atoms. The second-order valence-corrected chi connectivity index (χ2v) is 6.40. The largest absolute Gasteiger partial charge is 0.329 e. The van der Waals surface area contributed by atoms with Crippen LogP contribution in [0.25, 0.3) is 0 Å². The zero-order valence-corrected chi connectivity index (χ0v) is 10.0. The summed E-state index contributed by atoms with van der Waals surface area (Å²) in [7, 11) is -3.27. The first-order valence-electron chi connectivity index (χ1n) is 4.72. The Morgan fingerprint density at radius 1 is 1.41 bits per heavy atom. The summed E-state index contributed by atoms with van der Waals surface area (Å²) in [6.45, 7) is 0. The molecule has 2 rings (SSSR count). The fraction of sp³-hybridized carbons (Fsp3) is 0.500. The van der Waals surface area contributed by atoms with Gasteiger partial charge in [0.1, 0.15) is 0 Å². The van der Waals surface area contributed by atoms with Crippen LogP contribution in [0.1, 0.15) is 12.5 Å². The molecule has 6 nitrogen and oxygen atoms in total. The number of hydrogen-bond acceptors (Lipinski definition) is 4. The zero-order valence-electron chi connectivity index (χ0n) is 8.44. The van der Waals surface area contributed by atoms with Crippen LogP contribution < -0.4 is 11.2 Å². The van der Waals surface area contributed by atoms with Crippen molar-refractivity contribution in [2.75, 3.05) is 11.5 Å². The number of H-pyrrole nitrogens is 1. The van der Waals surface area contributed by atoms with Gasteiger partial charge in [0.2, 0.25) is 5.82 Å². The van der Waals surface area contributed by atoms with Gasteiger partial charge in [-0.2, -0.15) is 4.39 Å². The summed E-state index contributed by atoms with van der Waals surface area (Å²) in [6.07, 6.45) is 0.117. The number of aromatic nitrogens is 2. The van der Waals surface area contributed by atoms with Crippen LogP contribution in [-0.4, -0.2) is 29.5 Å². The van der Waals surface area contributed by atoms with Crippen molar-refractivity contribution in [2.45, 2.75) is 12.5 Å². The van der Waals surface area contributed by atoms with Crippen LogP contribution >= 0.6 is 11.6 Å². The van der Waals surface area contributed by atoms with Gasteiger partial charge in [-0.15, -0.1) is 0 Å². The van der Waals surface area contributed by atoms with Crippen LogP contribution in [0.2, 0.25) is 5.15 Å². The normalized spacial score (nSPS) is 22.8. The lowest BCUT2D eigenvalue weighted by Gasteiger charge is -2.10. The summed E-state index contributed by atoms with van der Waals surface area (Å²) in [6, 6.07) is -0.831. The Hall–Kier alpha value is -1.15. The van der Waals surface area contributed by atoms with Crippen molar-refractivity contribution < 1.29 is 12.8 Å². The highest BCUT2D eigenvalue weighted by molar-refractivity contribution is 7.91. The third kappa shape index (κ3) is 2.14. The zero-order chi connectivity index (χ0) is 12.8. The van der Waals surface area contributed by atoms with Crippen LogP contribution in [0.3, 0.4) is 0 Å². The minimum absolute atomic E-state index is 0.117. The number of sulfone groups is 1. The molecule has 0 saturated carbocycles. The molecule has 2 heterocycles. The van der Waals surface area contributed by atoms with Gasteiger partial charge in [-0.05, 0) is 6.42 Å². The molecule has 1 saturated heterocycles. The second kappa shape index (κ2) is 3.95. The molecule has 0 radical (unpaired) electrons. The van der Waals surface area contributed by atoms with Gasteiger partial charge in [-0.1, -0.05) is 11.6 Å². The first-order chi connectivity index (χ1) is 7.82. The maximum absolute atomic E-state index is 13.2. The van der Waals surface area contributed by atoms with Gasteiger partial charge in [0, 0.05) is 0 Å². The molecule has 0 amide bonds. The van der Waals surface area contributed by atoms with E-state index in [0.717, 1.165) is 0 Å². The molecule has 94 valence electrons. The Morgan fingerprint density at radius 2 is 2.06 bits per heavy atom. The topological polar surface area (TPSA) is 89.0 Å². The highest BCUT2D eigenvalue weighted by Gasteiger charge is 2.32. The molecule has 1 atom stereocenters. The second-order valence-electron chi connectivity index (χ2n) is 3.79. The molecule has 0 aliphatic carbocycles. The number of halogens is 2. The van der Waals surface area contributed by atoms with Crippen LogP contribution in [0, 0.1) is 5.82 Å². The van der Waals surface area contributed by atoms with E-state index >= 15 is 0 Å². The summed E-state index contributed by atoms with van der Waals surface area (Å²) in [4.78, 5) is 24.9. The lowest BCUT2D eigenvalue weighted by atomic mass is 10.2. The number of rotatable bonds is 1. The lowest BCUT2D eigenvalue weighted by Crippen LogP contribution is -2.40. The number of aromatic amines is 1. The summed E-state index contributed by atoms with van der Waals surface area (Å²) >= 11 is 5.29. The molecule has 1 fully saturated rings. The van der Waals surface area contributed by atoms with Gasteiger partial charge in [0.25, 0.3) is 5.56 Å². The van der Waals surface area contributed by atoms with Gasteiger partial charge in [-0.3, -0.25) is 14.3 Å². The Bertz CT molecular complexity index is 678. The van der Waals surface area contributed by atoms with Crippen LogP contribution in [-0.2, 0) is 9.84 Å². The summed E-state index contributed by atoms with van der Waals surface area (Å²) in [5.74, 6) is -1.74. The van der Waals surface area contributed by atoms with Crippen LogP contribution in [0.4, 0.5) is 4.39 Å². The molecular weight excluding hydrogens is 275 g/mol. The fourth-order valence-corrected chi connectivity index (χ4v) is 3.67. The van der Waals surface area contributed by atoms with Crippen LogP contribution in [0.15, 0.2) is 9.59 Å². The Labute approximate surface area is 100.0 Å². The van der Waals surface area contributed by atoms with E-state index in [1.165, 1.54) is 0 Å². The van der Waals surface area contributed by atoms with E-state index in [9.17, 15) is 22.4 Å². The average Bonchev–Trinajstić information content (AvgIpc) is 2.55. The summed E-state index contributed by atoms with van der Waals surface area (Å²) in [5, 5.41) is -0.669. The molecule has 1 aliphatic heterocycles.